The zero-order chi connectivity index (χ0) is 15.3. The molecule has 6 nitrogen and oxygen atoms in total. The molecule has 21 heavy (non-hydrogen) atoms. The molecule has 1 aliphatic heterocycles. The third-order valence-electron chi connectivity index (χ3n) is 3.71. The molecule has 0 aromatic rings. The summed E-state index contributed by atoms with van der Waals surface area (Å²) in [5.74, 6) is -0.303. The van der Waals surface area contributed by atoms with Gasteiger partial charge >= 0.3 is 5.97 Å². The molecule has 8 heteroatoms. The fourth-order valence-electron chi connectivity index (χ4n) is 2.61. The van der Waals surface area contributed by atoms with Crippen LogP contribution in [0, 0.1) is 0 Å². The Morgan fingerprint density at radius 1 is 1.19 bits per heavy atom. The minimum Gasteiger partial charge on any atom is -0.455 e. The van der Waals surface area contributed by atoms with E-state index < -0.39 is 15.8 Å². The zero-order valence-electron chi connectivity index (χ0n) is 11.9. The molecule has 1 saturated carbocycles. The van der Waals surface area contributed by atoms with Gasteiger partial charge < -0.3 is 10.1 Å². The average molecular weight is 335 g/mol. The van der Waals surface area contributed by atoms with Crippen molar-refractivity contribution in [3.63, 3.8) is 0 Å². The largest absolute Gasteiger partial charge is 0.455 e. The first kappa shape index (κ1) is 16.6. The maximum atomic E-state index is 11.6. The first-order valence-electron chi connectivity index (χ1n) is 7.21. The van der Waals surface area contributed by atoms with Crippen LogP contribution < -0.4 is 5.32 Å². The lowest BCUT2D eigenvalue weighted by atomic mass is 10.2. The molecule has 0 aromatic carbocycles. The fraction of sp³-hybridized carbons (Fsp3) is 0.846. The van der Waals surface area contributed by atoms with Crippen LogP contribution in [0.2, 0.25) is 0 Å². The number of ether oxygens (including phenoxy) is 1. The van der Waals surface area contributed by atoms with E-state index in [2.05, 4.69) is 5.32 Å². The number of carbonyl (C=O) groups excluding carboxylic acids is 2. The number of amides is 1. The summed E-state index contributed by atoms with van der Waals surface area (Å²) in [5.41, 5.74) is 0. The Hall–Kier alpha value is -0.760. The quantitative estimate of drug-likeness (QED) is 0.711. The van der Waals surface area contributed by atoms with Gasteiger partial charge in [0.1, 0.15) is 0 Å². The van der Waals surface area contributed by atoms with Crippen LogP contribution in [0.15, 0.2) is 0 Å². The van der Waals surface area contributed by atoms with E-state index in [1.807, 2.05) is 0 Å². The monoisotopic (exact) mass is 335 g/mol. The lowest BCUT2D eigenvalue weighted by Crippen LogP contribution is -2.36. The van der Waals surface area contributed by atoms with Gasteiger partial charge in [0.05, 0.1) is 17.3 Å². The maximum Gasteiger partial charge on any atom is 0.316 e. The highest BCUT2D eigenvalue weighted by atomic mass is 32.2. The number of nitrogens with one attached hydrogen (secondary N) is 1. The van der Waals surface area contributed by atoms with Crippen molar-refractivity contribution in [3.8, 4) is 0 Å². The topological polar surface area (TPSA) is 89.5 Å². The average Bonchev–Trinajstić information content (AvgIpc) is 3.03. The Balaban J connectivity index is 1.58. The Morgan fingerprint density at radius 3 is 2.52 bits per heavy atom. The predicted molar refractivity (Wildman–Crippen MR) is 80.9 cm³/mol. The molecule has 2 rings (SSSR count). The zero-order valence-corrected chi connectivity index (χ0v) is 13.5. The van der Waals surface area contributed by atoms with Crippen molar-refractivity contribution in [1.29, 1.82) is 0 Å². The third kappa shape index (κ3) is 5.86. The van der Waals surface area contributed by atoms with E-state index in [9.17, 15) is 18.0 Å². The van der Waals surface area contributed by atoms with Gasteiger partial charge in [-0.2, -0.15) is 0 Å². The highest BCUT2D eigenvalue weighted by Gasteiger charge is 2.28. The van der Waals surface area contributed by atoms with Crippen LogP contribution in [0.25, 0.3) is 0 Å². The normalized spacial score (nSPS) is 24.9. The highest BCUT2D eigenvalue weighted by Crippen LogP contribution is 2.24. The van der Waals surface area contributed by atoms with Gasteiger partial charge in [-0.3, -0.25) is 9.59 Å². The lowest BCUT2D eigenvalue weighted by Gasteiger charge is -2.12. The van der Waals surface area contributed by atoms with Gasteiger partial charge in [-0.05, 0) is 19.3 Å². The van der Waals surface area contributed by atoms with E-state index in [1.165, 1.54) is 11.8 Å². The molecule has 0 aromatic heterocycles. The number of thioether (sulfide) groups is 1. The van der Waals surface area contributed by atoms with Gasteiger partial charge in [0, 0.05) is 11.3 Å². The van der Waals surface area contributed by atoms with E-state index in [-0.39, 0.29) is 41.1 Å². The molecule has 0 radical (unpaired) electrons. The summed E-state index contributed by atoms with van der Waals surface area (Å²) >= 11 is 1.29. The van der Waals surface area contributed by atoms with Crippen LogP contribution in [-0.4, -0.2) is 55.5 Å². The van der Waals surface area contributed by atoms with E-state index in [0.29, 0.717) is 6.42 Å². The molecule has 1 saturated heterocycles. The van der Waals surface area contributed by atoms with E-state index in [1.54, 1.807) is 0 Å². The van der Waals surface area contributed by atoms with Crippen molar-refractivity contribution in [2.24, 2.45) is 0 Å². The Bertz CT molecular complexity index is 485. The second-order valence-corrected chi connectivity index (χ2v) is 9.06. The number of hydrogen-bond donors (Lipinski definition) is 1. The minimum atomic E-state index is -2.92. The van der Waals surface area contributed by atoms with Crippen molar-refractivity contribution in [1.82, 2.24) is 5.32 Å². The molecule has 1 atom stereocenters. The van der Waals surface area contributed by atoms with Crippen LogP contribution in [0.4, 0.5) is 0 Å². The molecule has 1 N–H and O–H groups in total. The molecule has 1 amide bonds. The van der Waals surface area contributed by atoms with E-state index >= 15 is 0 Å². The van der Waals surface area contributed by atoms with Crippen molar-refractivity contribution in [2.45, 2.75) is 43.4 Å². The van der Waals surface area contributed by atoms with Gasteiger partial charge in [-0.1, -0.05) is 12.8 Å². The number of carbonyl (C=O) groups is 2. The summed E-state index contributed by atoms with van der Waals surface area (Å²) in [6.45, 7) is -0.251. The number of esters is 1. The van der Waals surface area contributed by atoms with Gasteiger partial charge in [-0.15, -0.1) is 11.8 Å². The van der Waals surface area contributed by atoms with E-state index in [4.69, 9.17) is 4.74 Å². The second kappa shape index (κ2) is 7.49. The van der Waals surface area contributed by atoms with Gasteiger partial charge in [-0.25, -0.2) is 8.42 Å². The molecule has 1 aliphatic carbocycles. The molecular formula is C13H21NO5S2. The molecule has 1 heterocycles. The van der Waals surface area contributed by atoms with Crippen molar-refractivity contribution < 1.29 is 22.7 Å². The third-order valence-corrected chi connectivity index (χ3v) is 6.97. The van der Waals surface area contributed by atoms with Crippen LogP contribution in [0.5, 0.6) is 0 Å². The fourth-order valence-corrected chi connectivity index (χ4v) is 6.04. The van der Waals surface area contributed by atoms with Crippen LogP contribution >= 0.6 is 11.8 Å². The summed E-state index contributed by atoms with van der Waals surface area (Å²) in [4.78, 5) is 23.1. The SMILES string of the molecule is O=C(COC(=O)CS[C@H]1CCS(=O)(=O)C1)NC1CCCC1. The van der Waals surface area contributed by atoms with Gasteiger partial charge in [0.25, 0.3) is 5.91 Å². The Labute approximate surface area is 129 Å². The molecule has 2 aliphatic rings. The molecule has 2 fully saturated rings. The van der Waals surface area contributed by atoms with Crippen molar-refractivity contribution in [3.05, 3.63) is 0 Å². The van der Waals surface area contributed by atoms with Gasteiger partial charge in [0.2, 0.25) is 0 Å². The lowest BCUT2D eigenvalue weighted by molar-refractivity contribution is -0.146. The Kier molecular flexibility index (Phi) is 5.92. The summed E-state index contributed by atoms with van der Waals surface area (Å²) in [6.07, 6.45) is 4.83. The first-order valence-corrected chi connectivity index (χ1v) is 10.1. The smallest absolute Gasteiger partial charge is 0.316 e. The van der Waals surface area contributed by atoms with Crippen molar-refractivity contribution >= 4 is 33.5 Å². The molecule has 120 valence electrons. The van der Waals surface area contributed by atoms with Gasteiger partial charge in [0.15, 0.2) is 16.4 Å². The van der Waals surface area contributed by atoms with Crippen LogP contribution in [-0.2, 0) is 24.2 Å². The number of sulfone groups is 1. The number of hydrogen-bond acceptors (Lipinski definition) is 6. The number of rotatable bonds is 6. The van der Waals surface area contributed by atoms with Crippen LogP contribution in [0.1, 0.15) is 32.1 Å². The summed E-state index contributed by atoms with van der Waals surface area (Å²) in [6, 6.07) is 0.217. The standard InChI is InChI=1S/C13H21NO5S2/c15-12(14-10-3-1-2-4-10)7-19-13(16)8-20-11-5-6-21(17,18)9-11/h10-11H,1-9H2,(H,14,15)/t11-/m0/s1. The summed E-state index contributed by atoms with van der Waals surface area (Å²) in [5, 5.41) is 2.81. The molecular weight excluding hydrogens is 314 g/mol. The highest BCUT2D eigenvalue weighted by molar-refractivity contribution is 8.02. The minimum absolute atomic E-state index is 0.0325. The van der Waals surface area contributed by atoms with E-state index in [0.717, 1.165) is 25.7 Å². The Morgan fingerprint density at radius 2 is 1.90 bits per heavy atom. The molecule has 0 unspecified atom stereocenters. The van der Waals surface area contributed by atoms with Crippen LogP contribution in [0.3, 0.4) is 0 Å². The summed E-state index contributed by atoms with van der Waals surface area (Å²) < 4.78 is 27.5. The summed E-state index contributed by atoms with van der Waals surface area (Å²) in [7, 11) is -2.92. The van der Waals surface area contributed by atoms with Crippen molar-refractivity contribution in [2.75, 3.05) is 23.9 Å². The second-order valence-electron chi connectivity index (χ2n) is 5.55. The molecule has 0 spiro atoms. The maximum absolute atomic E-state index is 11.6. The predicted octanol–water partition coefficient (Wildman–Crippen LogP) is 0.509. The molecule has 0 bridgehead atoms. The first-order chi connectivity index (χ1) is 9.94.